The minimum Gasteiger partial charge on any atom is -0.441 e. The van der Waals surface area contributed by atoms with E-state index in [2.05, 4.69) is 25.1 Å². The number of aryl methyl sites for hydroxylation is 1. The fourth-order valence-corrected chi connectivity index (χ4v) is 3.05. The van der Waals surface area contributed by atoms with Crippen molar-refractivity contribution in [3.63, 3.8) is 0 Å². The molecule has 2 atom stereocenters. The molecular formula is C18H14F4N6O3. The number of ether oxygens (including phenoxy) is 1. The number of alkyl halides is 3. The summed E-state index contributed by atoms with van der Waals surface area (Å²) in [6, 6.07) is 6.90. The van der Waals surface area contributed by atoms with E-state index in [9.17, 15) is 27.5 Å². The van der Waals surface area contributed by atoms with E-state index in [1.807, 2.05) is 0 Å². The van der Waals surface area contributed by atoms with E-state index in [0.29, 0.717) is 17.1 Å². The number of amides is 1. The summed E-state index contributed by atoms with van der Waals surface area (Å²) < 4.78 is 57.3. The van der Waals surface area contributed by atoms with Gasteiger partial charge in [0.25, 0.3) is 0 Å². The highest BCUT2D eigenvalue weighted by molar-refractivity contribution is 5.90. The number of aliphatic hydroxyl groups is 1. The van der Waals surface area contributed by atoms with Crippen LogP contribution in [-0.4, -0.2) is 61.3 Å². The zero-order valence-corrected chi connectivity index (χ0v) is 15.8. The standard InChI is InChI=1S/C18H14F4N6O3/c1-27-25-16(24-26-27)13-5-2-9(7-23-13)11-4-3-10(6-12(11)19)28-8-14(31-17(28)30)15(29)18(20,21)22/h2-7,14-15,29H,8H2,1H3/t14-,15?/m0/s1. The fraction of sp³-hybridized carbons (Fsp3) is 0.278. The van der Waals surface area contributed by atoms with Gasteiger partial charge < -0.3 is 9.84 Å². The molecule has 1 N–H and O–H groups in total. The lowest BCUT2D eigenvalue weighted by Crippen LogP contribution is -2.42. The normalized spacial score (nSPS) is 17.7. The summed E-state index contributed by atoms with van der Waals surface area (Å²) in [5.74, 6) is -0.426. The van der Waals surface area contributed by atoms with Gasteiger partial charge in [-0.2, -0.15) is 18.0 Å². The van der Waals surface area contributed by atoms with Crippen LogP contribution < -0.4 is 4.90 Å². The van der Waals surface area contributed by atoms with Crippen LogP contribution in [0, 0.1) is 5.82 Å². The predicted octanol–water partition coefficient (Wildman–Crippen LogP) is 2.33. The topological polar surface area (TPSA) is 106 Å². The van der Waals surface area contributed by atoms with Gasteiger partial charge in [0, 0.05) is 17.3 Å². The van der Waals surface area contributed by atoms with Gasteiger partial charge in [-0.15, -0.1) is 10.2 Å². The first-order valence-electron chi connectivity index (χ1n) is 8.87. The zero-order valence-electron chi connectivity index (χ0n) is 15.8. The van der Waals surface area contributed by atoms with Gasteiger partial charge in [-0.1, -0.05) is 6.07 Å². The average Bonchev–Trinajstić information content (AvgIpc) is 3.32. The molecule has 0 aliphatic carbocycles. The van der Waals surface area contributed by atoms with Crippen LogP contribution in [0.1, 0.15) is 0 Å². The Kier molecular flexibility index (Phi) is 5.05. The molecule has 1 fully saturated rings. The molecular weight excluding hydrogens is 424 g/mol. The Hall–Kier alpha value is -3.61. The van der Waals surface area contributed by atoms with Crippen molar-refractivity contribution in [3.05, 3.63) is 42.3 Å². The third-order valence-corrected chi connectivity index (χ3v) is 4.60. The van der Waals surface area contributed by atoms with Gasteiger partial charge in [0.05, 0.1) is 19.3 Å². The van der Waals surface area contributed by atoms with Crippen molar-refractivity contribution < 1.29 is 32.2 Å². The van der Waals surface area contributed by atoms with Crippen molar-refractivity contribution in [2.45, 2.75) is 18.4 Å². The summed E-state index contributed by atoms with van der Waals surface area (Å²) in [4.78, 5) is 18.2. The number of aliphatic hydroxyl groups excluding tert-OH is 1. The first kappa shape index (κ1) is 20.7. The first-order chi connectivity index (χ1) is 14.6. The molecule has 1 amide bonds. The van der Waals surface area contributed by atoms with Crippen LogP contribution in [0.15, 0.2) is 36.5 Å². The van der Waals surface area contributed by atoms with E-state index in [-0.39, 0.29) is 11.3 Å². The Labute approximate surface area is 171 Å². The molecule has 3 heterocycles. The number of aromatic nitrogens is 5. The van der Waals surface area contributed by atoms with Gasteiger partial charge in [0.15, 0.2) is 12.2 Å². The summed E-state index contributed by atoms with van der Waals surface area (Å²) in [5, 5.41) is 20.9. The molecule has 0 saturated carbocycles. The van der Waals surface area contributed by atoms with E-state index in [1.165, 1.54) is 23.1 Å². The molecule has 1 aromatic carbocycles. The van der Waals surface area contributed by atoms with Gasteiger partial charge in [0.1, 0.15) is 11.5 Å². The summed E-state index contributed by atoms with van der Waals surface area (Å²) in [5.41, 5.74) is 1.01. The van der Waals surface area contributed by atoms with Crippen molar-refractivity contribution in [2.75, 3.05) is 11.4 Å². The van der Waals surface area contributed by atoms with Gasteiger partial charge >= 0.3 is 12.3 Å². The Morgan fingerprint density at radius 2 is 2.03 bits per heavy atom. The number of halogens is 4. The van der Waals surface area contributed by atoms with Crippen molar-refractivity contribution >= 4 is 11.8 Å². The van der Waals surface area contributed by atoms with Gasteiger partial charge in [-0.3, -0.25) is 9.88 Å². The van der Waals surface area contributed by atoms with Crippen LogP contribution in [0.3, 0.4) is 0 Å². The summed E-state index contributed by atoms with van der Waals surface area (Å²) in [7, 11) is 1.60. The second-order valence-corrected chi connectivity index (χ2v) is 6.72. The summed E-state index contributed by atoms with van der Waals surface area (Å²) in [6.07, 6.45) is -9.29. The maximum atomic E-state index is 14.7. The maximum absolute atomic E-state index is 14.7. The first-order valence-corrected chi connectivity index (χ1v) is 8.87. The number of pyridine rings is 1. The quantitative estimate of drug-likeness (QED) is 0.623. The second kappa shape index (κ2) is 7.58. The summed E-state index contributed by atoms with van der Waals surface area (Å²) >= 11 is 0. The van der Waals surface area contributed by atoms with E-state index in [4.69, 9.17) is 0 Å². The lowest BCUT2D eigenvalue weighted by Gasteiger charge is -2.19. The molecule has 0 radical (unpaired) electrons. The molecule has 1 aliphatic rings. The Balaban J connectivity index is 1.54. The molecule has 1 unspecified atom stereocenters. The molecule has 1 aliphatic heterocycles. The number of tetrazole rings is 1. The molecule has 2 aromatic heterocycles. The van der Waals surface area contributed by atoms with Crippen LogP contribution in [-0.2, 0) is 11.8 Å². The minimum atomic E-state index is -4.95. The third kappa shape index (κ3) is 4.03. The Morgan fingerprint density at radius 1 is 1.26 bits per heavy atom. The highest BCUT2D eigenvalue weighted by Gasteiger charge is 2.49. The molecule has 3 aromatic rings. The fourth-order valence-electron chi connectivity index (χ4n) is 3.05. The van der Waals surface area contributed by atoms with Crippen molar-refractivity contribution in [1.82, 2.24) is 25.2 Å². The van der Waals surface area contributed by atoms with E-state index < -0.39 is 36.8 Å². The largest absolute Gasteiger partial charge is 0.441 e. The van der Waals surface area contributed by atoms with Gasteiger partial charge in [0.2, 0.25) is 5.82 Å². The van der Waals surface area contributed by atoms with E-state index >= 15 is 0 Å². The minimum absolute atomic E-state index is 0.00327. The van der Waals surface area contributed by atoms with Crippen molar-refractivity contribution in [3.8, 4) is 22.6 Å². The molecule has 13 heteroatoms. The third-order valence-electron chi connectivity index (χ3n) is 4.60. The smallest absolute Gasteiger partial charge is 0.418 e. The molecule has 4 rings (SSSR count). The van der Waals surface area contributed by atoms with Crippen molar-refractivity contribution in [2.24, 2.45) is 7.05 Å². The van der Waals surface area contributed by atoms with E-state index in [0.717, 1.165) is 11.0 Å². The maximum Gasteiger partial charge on any atom is 0.418 e. The average molecular weight is 438 g/mol. The number of nitrogens with zero attached hydrogens (tertiary/aromatic N) is 6. The lowest BCUT2D eigenvalue weighted by atomic mass is 10.1. The molecule has 0 bridgehead atoms. The molecule has 1 saturated heterocycles. The van der Waals surface area contributed by atoms with Crippen LogP contribution in [0.25, 0.3) is 22.6 Å². The number of carbonyl (C=O) groups excluding carboxylic acids is 1. The van der Waals surface area contributed by atoms with Crippen LogP contribution in [0.2, 0.25) is 0 Å². The molecule has 31 heavy (non-hydrogen) atoms. The monoisotopic (exact) mass is 438 g/mol. The van der Waals surface area contributed by atoms with Gasteiger partial charge in [-0.05, 0) is 29.5 Å². The Morgan fingerprint density at radius 3 is 2.61 bits per heavy atom. The number of anilines is 1. The Bertz CT molecular complexity index is 1120. The molecule has 9 nitrogen and oxygen atoms in total. The predicted molar refractivity (Wildman–Crippen MR) is 97.1 cm³/mol. The number of hydrogen-bond donors (Lipinski definition) is 1. The number of rotatable bonds is 4. The molecule has 0 spiro atoms. The lowest BCUT2D eigenvalue weighted by molar-refractivity contribution is -0.224. The molecule has 162 valence electrons. The van der Waals surface area contributed by atoms with Crippen LogP contribution in [0.4, 0.5) is 28.0 Å². The van der Waals surface area contributed by atoms with Gasteiger partial charge in [-0.25, -0.2) is 9.18 Å². The zero-order chi connectivity index (χ0) is 22.3. The van der Waals surface area contributed by atoms with E-state index in [1.54, 1.807) is 19.2 Å². The summed E-state index contributed by atoms with van der Waals surface area (Å²) in [6.45, 7) is -0.570. The number of benzene rings is 1. The number of hydrogen-bond acceptors (Lipinski definition) is 7. The van der Waals surface area contributed by atoms with Crippen molar-refractivity contribution in [1.29, 1.82) is 0 Å². The second-order valence-electron chi connectivity index (χ2n) is 6.72. The SMILES string of the molecule is Cn1nnc(-c2ccc(-c3ccc(N4C[C@@H](C(O)C(F)(F)F)OC4=O)cc3F)cn2)n1. The number of carbonyl (C=O) groups is 1. The number of cyclic esters (lactones) is 1. The van der Waals surface area contributed by atoms with Crippen LogP contribution in [0.5, 0.6) is 0 Å². The van der Waals surface area contributed by atoms with Crippen LogP contribution >= 0.6 is 0 Å². The highest BCUT2D eigenvalue weighted by Crippen LogP contribution is 2.32. The highest BCUT2D eigenvalue weighted by atomic mass is 19.4.